The van der Waals surface area contributed by atoms with Gasteiger partial charge in [0.1, 0.15) is 0 Å². The molecule has 4 aromatic rings. The average molecular weight is 377 g/mol. The number of amides is 1. The van der Waals surface area contributed by atoms with Crippen LogP contribution in [0.15, 0.2) is 33.6 Å². The van der Waals surface area contributed by atoms with E-state index in [-0.39, 0.29) is 11.6 Å². The third-order valence-corrected chi connectivity index (χ3v) is 5.41. The molecule has 1 saturated carbocycles. The average Bonchev–Trinajstić information content (AvgIpc) is 3.45. The molecule has 28 heavy (non-hydrogen) atoms. The molecule has 142 valence electrons. The highest BCUT2D eigenvalue weighted by Gasteiger charge is 2.28. The Morgan fingerprint density at radius 2 is 1.93 bits per heavy atom. The van der Waals surface area contributed by atoms with Crippen LogP contribution in [0.4, 0.5) is 5.69 Å². The van der Waals surface area contributed by atoms with Crippen molar-refractivity contribution in [3.63, 3.8) is 0 Å². The molecule has 0 unspecified atom stereocenters. The molecule has 3 heterocycles. The Morgan fingerprint density at radius 3 is 2.68 bits per heavy atom. The number of aromatic nitrogens is 4. The predicted octanol–water partition coefficient (Wildman–Crippen LogP) is 2.85. The Bertz CT molecular complexity index is 1320. The van der Waals surface area contributed by atoms with Crippen molar-refractivity contribution in [1.29, 1.82) is 0 Å². The number of imidazole rings is 1. The van der Waals surface area contributed by atoms with Gasteiger partial charge in [0.25, 0.3) is 11.6 Å². The van der Waals surface area contributed by atoms with Crippen molar-refractivity contribution in [2.45, 2.75) is 25.7 Å². The monoisotopic (exact) mass is 377 g/mol. The highest BCUT2D eigenvalue weighted by atomic mass is 16.5. The summed E-state index contributed by atoms with van der Waals surface area (Å²) in [5.74, 6) is 0.137. The molecule has 0 bridgehead atoms. The maximum atomic E-state index is 13.1. The Morgan fingerprint density at radius 1 is 1.18 bits per heavy atom. The Hall–Kier alpha value is -3.42. The molecule has 5 rings (SSSR count). The number of nitrogens with one attached hydrogen (secondary N) is 1. The number of pyridine rings is 1. The second kappa shape index (κ2) is 5.79. The van der Waals surface area contributed by atoms with E-state index in [1.807, 2.05) is 12.1 Å². The van der Waals surface area contributed by atoms with Crippen molar-refractivity contribution in [2.24, 2.45) is 14.1 Å². The van der Waals surface area contributed by atoms with Gasteiger partial charge in [0.2, 0.25) is 0 Å². The topological polar surface area (TPSA) is 94.9 Å². The fourth-order valence-corrected chi connectivity index (χ4v) is 3.66. The Balaban J connectivity index is 1.57. The summed E-state index contributed by atoms with van der Waals surface area (Å²) in [6.07, 6.45) is 2.15. The standard InChI is InChI=1S/C20H19N5O3/c1-10-17-13(9-14(11-4-5-11)22-19(17)28-23-10)18(26)21-12-6-7-15-16(8-12)25(3)20(27)24(15)2/h6-9,11H,4-5H2,1-3H3,(H,21,26). The molecule has 1 fully saturated rings. The van der Waals surface area contributed by atoms with Crippen LogP contribution in [-0.2, 0) is 14.1 Å². The first-order valence-corrected chi connectivity index (χ1v) is 9.18. The highest BCUT2D eigenvalue weighted by Crippen LogP contribution is 2.40. The number of aryl methyl sites for hydroxylation is 3. The lowest BCUT2D eigenvalue weighted by molar-refractivity contribution is 0.102. The van der Waals surface area contributed by atoms with Crippen LogP contribution in [-0.4, -0.2) is 25.2 Å². The van der Waals surface area contributed by atoms with Gasteiger partial charge in [-0.05, 0) is 44.0 Å². The van der Waals surface area contributed by atoms with E-state index in [0.29, 0.717) is 34.0 Å². The summed E-state index contributed by atoms with van der Waals surface area (Å²) in [7, 11) is 3.44. The third-order valence-electron chi connectivity index (χ3n) is 5.41. The van der Waals surface area contributed by atoms with Crippen LogP contribution in [0.3, 0.4) is 0 Å². The van der Waals surface area contributed by atoms with Crippen molar-refractivity contribution in [2.75, 3.05) is 5.32 Å². The van der Waals surface area contributed by atoms with Gasteiger partial charge in [-0.1, -0.05) is 5.16 Å². The van der Waals surface area contributed by atoms with Gasteiger partial charge in [-0.2, -0.15) is 0 Å². The van der Waals surface area contributed by atoms with Gasteiger partial charge in [-0.15, -0.1) is 0 Å². The molecule has 3 aromatic heterocycles. The number of hydrogen-bond acceptors (Lipinski definition) is 5. The van der Waals surface area contributed by atoms with Crippen LogP contribution in [0, 0.1) is 6.92 Å². The minimum Gasteiger partial charge on any atom is -0.336 e. The van der Waals surface area contributed by atoms with Crippen LogP contribution >= 0.6 is 0 Å². The van der Waals surface area contributed by atoms with Crippen LogP contribution in [0.1, 0.15) is 40.5 Å². The highest BCUT2D eigenvalue weighted by molar-refractivity contribution is 6.12. The number of carbonyl (C=O) groups excluding carboxylic acids is 1. The van der Waals surface area contributed by atoms with Crippen molar-refractivity contribution in [3.8, 4) is 0 Å². The summed E-state index contributed by atoms with van der Waals surface area (Å²) in [4.78, 5) is 29.7. The lowest BCUT2D eigenvalue weighted by Gasteiger charge is -2.08. The van der Waals surface area contributed by atoms with Crippen LogP contribution in [0.2, 0.25) is 0 Å². The molecule has 8 heteroatoms. The van der Waals surface area contributed by atoms with Gasteiger partial charge in [-0.25, -0.2) is 9.78 Å². The van der Waals surface area contributed by atoms with Crippen molar-refractivity contribution >= 4 is 33.7 Å². The molecule has 0 saturated heterocycles. The largest absolute Gasteiger partial charge is 0.336 e. The van der Waals surface area contributed by atoms with E-state index in [1.165, 1.54) is 0 Å². The van der Waals surface area contributed by atoms with E-state index in [4.69, 9.17) is 4.52 Å². The minimum atomic E-state index is -0.249. The SMILES string of the molecule is Cc1noc2nc(C3CC3)cc(C(=O)Nc3ccc4c(c3)n(C)c(=O)n4C)c12. The molecule has 8 nitrogen and oxygen atoms in total. The quantitative estimate of drug-likeness (QED) is 0.592. The number of carbonyl (C=O) groups is 1. The fraction of sp³-hybridized carbons (Fsp3) is 0.300. The Labute approximate surface area is 159 Å². The second-order valence-electron chi connectivity index (χ2n) is 7.38. The molecule has 1 aliphatic carbocycles. The summed E-state index contributed by atoms with van der Waals surface area (Å²) in [6, 6.07) is 7.26. The smallest absolute Gasteiger partial charge is 0.328 e. The molecule has 0 spiro atoms. The summed E-state index contributed by atoms with van der Waals surface area (Å²) < 4.78 is 8.46. The van der Waals surface area contributed by atoms with Gasteiger partial charge >= 0.3 is 5.69 Å². The molecule has 1 N–H and O–H groups in total. The molecule has 1 aliphatic rings. The summed E-state index contributed by atoms with van der Waals surface area (Å²) in [5.41, 5.74) is 4.48. The van der Waals surface area contributed by atoms with E-state index in [1.54, 1.807) is 42.3 Å². The number of benzene rings is 1. The minimum absolute atomic E-state index is 0.108. The zero-order valence-electron chi connectivity index (χ0n) is 15.8. The molecule has 0 atom stereocenters. The van der Waals surface area contributed by atoms with E-state index in [2.05, 4.69) is 15.5 Å². The first-order chi connectivity index (χ1) is 13.4. The summed E-state index contributed by atoms with van der Waals surface area (Å²) in [5, 5.41) is 7.55. The van der Waals surface area contributed by atoms with E-state index in [9.17, 15) is 9.59 Å². The lowest BCUT2D eigenvalue weighted by atomic mass is 10.1. The van der Waals surface area contributed by atoms with Crippen LogP contribution in [0.25, 0.3) is 22.1 Å². The molecule has 0 aliphatic heterocycles. The summed E-state index contributed by atoms with van der Waals surface area (Å²) >= 11 is 0. The molecular weight excluding hydrogens is 358 g/mol. The van der Waals surface area contributed by atoms with Gasteiger partial charge in [0, 0.05) is 31.4 Å². The first kappa shape index (κ1) is 16.7. The zero-order valence-corrected chi connectivity index (χ0v) is 15.8. The molecule has 1 amide bonds. The van der Waals surface area contributed by atoms with Gasteiger partial charge < -0.3 is 9.84 Å². The lowest BCUT2D eigenvalue weighted by Crippen LogP contribution is -2.19. The van der Waals surface area contributed by atoms with Crippen molar-refractivity contribution < 1.29 is 9.32 Å². The van der Waals surface area contributed by atoms with E-state index in [0.717, 1.165) is 29.6 Å². The molecular formula is C20H19N5O3. The van der Waals surface area contributed by atoms with E-state index >= 15 is 0 Å². The number of nitrogens with zero attached hydrogens (tertiary/aromatic N) is 4. The van der Waals surface area contributed by atoms with Crippen molar-refractivity contribution in [3.05, 3.63) is 51.7 Å². The second-order valence-corrected chi connectivity index (χ2v) is 7.38. The maximum Gasteiger partial charge on any atom is 0.328 e. The predicted molar refractivity (Wildman–Crippen MR) is 105 cm³/mol. The number of anilines is 1. The van der Waals surface area contributed by atoms with Gasteiger partial charge in [0.05, 0.1) is 27.7 Å². The normalized spacial score (nSPS) is 14.1. The third kappa shape index (κ3) is 2.45. The maximum absolute atomic E-state index is 13.1. The number of fused-ring (bicyclic) bond motifs is 2. The molecule has 1 aromatic carbocycles. The Kier molecular flexibility index (Phi) is 3.46. The number of hydrogen-bond donors (Lipinski definition) is 1. The fourth-order valence-electron chi connectivity index (χ4n) is 3.66. The first-order valence-electron chi connectivity index (χ1n) is 9.18. The number of rotatable bonds is 3. The van der Waals surface area contributed by atoms with Crippen LogP contribution < -0.4 is 11.0 Å². The van der Waals surface area contributed by atoms with E-state index < -0.39 is 0 Å². The van der Waals surface area contributed by atoms with Gasteiger partial charge in [-0.3, -0.25) is 13.9 Å². The molecule has 0 radical (unpaired) electrons. The van der Waals surface area contributed by atoms with Crippen LogP contribution in [0.5, 0.6) is 0 Å². The summed E-state index contributed by atoms with van der Waals surface area (Å²) in [6.45, 7) is 1.80. The van der Waals surface area contributed by atoms with Gasteiger partial charge in [0.15, 0.2) is 0 Å². The zero-order chi connectivity index (χ0) is 19.6. The van der Waals surface area contributed by atoms with Crippen molar-refractivity contribution in [1.82, 2.24) is 19.3 Å².